The zero-order chi connectivity index (χ0) is 32.5. The molecule has 0 spiro atoms. The third-order valence-electron chi connectivity index (χ3n) is 17.1. The van der Waals surface area contributed by atoms with Crippen molar-refractivity contribution in [2.45, 2.75) is 224 Å². The highest BCUT2D eigenvalue weighted by Gasteiger charge is 2.41. The Morgan fingerprint density at radius 1 is 0.438 bits per heavy atom. The molecule has 8 atom stereocenters. The van der Waals surface area contributed by atoms with Crippen LogP contribution < -0.4 is 10.6 Å². The zero-order valence-electron chi connectivity index (χ0n) is 32.1. The molecule has 7 rings (SSSR count). The van der Waals surface area contributed by atoms with Crippen LogP contribution >= 0.6 is 0 Å². The molecule has 0 saturated heterocycles. The molecule has 2 heteroatoms. The predicted octanol–water partition coefficient (Wildman–Crippen LogP) is 12.6. The summed E-state index contributed by atoms with van der Waals surface area (Å²) in [5, 5.41) is 8.89. The van der Waals surface area contributed by atoms with Crippen LogP contribution in [0.2, 0.25) is 0 Å². The van der Waals surface area contributed by atoms with Crippen molar-refractivity contribution in [3.8, 4) is 0 Å². The van der Waals surface area contributed by atoms with Crippen LogP contribution in [0.25, 0.3) is 0 Å². The quantitative estimate of drug-likeness (QED) is 0.217. The van der Waals surface area contributed by atoms with Crippen LogP contribution in [-0.2, 0) is 0 Å². The van der Waals surface area contributed by atoms with E-state index in [4.69, 9.17) is 0 Å². The molecule has 0 radical (unpaired) electrons. The van der Waals surface area contributed by atoms with Crippen LogP contribution in [-0.4, -0.2) is 24.7 Å². The van der Waals surface area contributed by atoms with Gasteiger partial charge in [0.25, 0.3) is 0 Å². The van der Waals surface area contributed by atoms with E-state index in [0.717, 1.165) is 77.3 Å². The summed E-state index contributed by atoms with van der Waals surface area (Å²) in [6.07, 6.45) is 47.0. The topological polar surface area (TPSA) is 24.1 Å². The van der Waals surface area contributed by atoms with E-state index in [-0.39, 0.29) is 0 Å². The van der Waals surface area contributed by atoms with Gasteiger partial charge in [0.15, 0.2) is 0 Å². The first-order valence-electron chi connectivity index (χ1n) is 23.2. The Bertz CT molecular complexity index is 890. The van der Waals surface area contributed by atoms with Gasteiger partial charge in [-0.1, -0.05) is 135 Å². The first-order chi connectivity index (χ1) is 23.7. The molecule has 7 aliphatic rings. The van der Waals surface area contributed by atoms with Gasteiger partial charge in [0.1, 0.15) is 0 Å². The second-order valence-corrected chi connectivity index (χ2v) is 19.9. The second kappa shape index (κ2) is 18.6. The molecule has 0 aromatic rings. The predicted molar refractivity (Wildman–Crippen MR) is 206 cm³/mol. The standard InChI is InChI=1S/C46H82N2/c1-34(35-13-5-2-6-14-35)21-22-42(33-47-43-27-23-38(24-28-43)36-15-7-3-8-16-36)41-26-30-45(39-18-9-4-10-19-39)46(32-41)48-44-29-25-37-17-11-12-20-40(37)31-44/h34-48H,2-33H2,1H3. The van der Waals surface area contributed by atoms with E-state index < -0.39 is 0 Å². The van der Waals surface area contributed by atoms with Gasteiger partial charge < -0.3 is 10.6 Å². The monoisotopic (exact) mass is 663 g/mol. The summed E-state index contributed by atoms with van der Waals surface area (Å²) in [5.74, 6) is 10.0. The van der Waals surface area contributed by atoms with E-state index in [1.165, 1.54) is 186 Å². The Hall–Kier alpha value is -0.0800. The lowest BCUT2D eigenvalue weighted by molar-refractivity contribution is 0.0684. The summed E-state index contributed by atoms with van der Waals surface area (Å²) in [6, 6.07) is 2.43. The second-order valence-electron chi connectivity index (χ2n) is 19.9. The molecular weight excluding hydrogens is 581 g/mol. The fraction of sp³-hybridized carbons (Fsp3) is 1.00. The zero-order valence-corrected chi connectivity index (χ0v) is 32.1. The van der Waals surface area contributed by atoms with Crippen molar-refractivity contribution in [1.82, 2.24) is 10.6 Å². The molecule has 48 heavy (non-hydrogen) atoms. The molecule has 7 fully saturated rings. The number of nitrogens with one attached hydrogen (secondary N) is 2. The Morgan fingerprint density at radius 3 is 1.67 bits per heavy atom. The number of hydrogen-bond donors (Lipinski definition) is 2. The van der Waals surface area contributed by atoms with Gasteiger partial charge in [-0.25, -0.2) is 0 Å². The molecule has 0 aliphatic heterocycles. The van der Waals surface area contributed by atoms with Gasteiger partial charge in [-0.3, -0.25) is 0 Å². The van der Waals surface area contributed by atoms with E-state index in [2.05, 4.69) is 17.6 Å². The summed E-state index contributed by atoms with van der Waals surface area (Å²) < 4.78 is 0. The van der Waals surface area contributed by atoms with E-state index in [1.807, 2.05) is 0 Å². The summed E-state index contributed by atoms with van der Waals surface area (Å²) in [5.41, 5.74) is 0. The van der Waals surface area contributed by atoms with Crippen molar-refractivity contribution in [1.29, 1.82) is 0 Å². The lowest BCUT2D eigenvalue weighted by atomic mass is 9.64. The highest BCUT2D eigenvalue weighted by molar-refractivity contribution is 4.96. The van der Waals surface area contributed by atoms with Crippen molar-refractivity contribution >= 4 is 0 Å². The van der Waals surface area contributed by atoms with Crippen molar-refractivity contribution in [2.75, 3.05) is 6.54 Å². The highest BCUT2D eigenvalue weighted by atomic mass is 15.0. The van der Waals surface area contributed by atoms with Gasteiger partial charge in [-0.2, -0.15) is 0 Å². The summed E-state index contributed by atoms with van der Waals surface area (Å²) in [4.78, 5) is 0. The minimum absolute atomic E-state index is 0.807. The molecule has 0 aromatic heterocycles. The maximum absolute atomic E-state index is 4.56. The average Bonchev–Trinajstić information content (AvgIpc) is 3.16. The Labute approximate surface area is 299 Å². The molecule has 276 valence electrons. The van der Waals surface area contributed by atoms with Gasteiger partial charge in [0.2, 0.25) is 0 Å². The fourth-order valence-electron chi connectivity index (χ4n) is 13.9. The van der Waals surface area contributed by atoms with Crippen LogP contribution in [0.15, 0.2) is 0 Å². The minimum Gasteiger partial charge on any atom is -0.314 e. The maximum Gasteiger partial charge on any atom is 0.0103 e. The van der Waals surface area contributed by atoms with Gasteiger partial charge >= 0.3 is 0 Å². The van der Waals surface area contributed by atoms with Crippen LogP contribution in [0.5, 0.6) is 0 Å². The molecular formula is C46H82N2. The Kier molecular flexibility index (Phi) is 14.1. The number of rotatable bonds is 12. The number of fused-ring (bicyclic) bond motifs is 1. The van der Waals surface area contributed by atoms with Gasteiger partial charge in [-0.05, 0) is 136 Å². The van der Waals surface area contributed by atoms with E-state index in [0.29, 0.717) is 0 Å². The normalized spacial score (nSPS) is 39.4. The lowest BCUT2D eigenvalue weighted by Crippen LogP contribution is -2.52. The average molecular weight is 663 g/mol. The van der Waals surface area contributed by atoms with Crippen molar-refractivity contribution < 1.29 is 0 Å². The SMILES string of the molecule is CC(CCC(CNC1CCC(C2CCCCC2)CC1)C1CCC(C2CCCCC2)C(NC2CCC3CCCCC3C2)C1)C1CCCCC1. The van der Waals surface area contributed by atoms with Gasteiger partial charge in [0.05, 0.1) is 0 Å². The van der Waals surface area contributed by atoms with E-state index in [9.17, 15) is 0 Å². The van der Waals surface area contributed by atoms with Crippen molar-refractivity contribution in [3.05, 3.63) is 0 Å². The van der Waals surface area contributed by atoms with Gasteiger partial charge in [-0.15, -0.1) is 0 Å². The molecule has 2 N–H and O–H groups in total. The van der Waals surface area contributed by atoms with E-state index in [1.54, 1.807) is 19.3 Å². The van der Waals surface area contributed by atoms with Crippen LogP contribution in [0.4, 0.5) is 0 Å². The molecule has 7 aliphatic carbocycles. The maximum atomic E-state index is 4.56. The molecule has 0 heterocycles. The van der Waals surface area contributed by atoms with Crippen molar-refractivity contribution in [2.24, 2.45) is 59.2 Å². The lowest BCUT2D eigenvalue weighted by Gasteiger charge is -2.47. The summed E-state index contributed by atoms with van der Waals surface area (Å²) >= 11 is 0. The van der Waals surface area contributed by atoms with Crippen molar-refractivity contribution in [3.63, 3.8) is 0 Å². The highest BCUT2D eigenvalue weighted by Crippen LogP contribution is 2.46. The van der Waals surface area contributed by atoms with Crippen LogP contribution in [0.3, 0.4) is 0 Å². The third kappa shape index (κ3) is 9.86. The van der Waals surface area contributed by atoms with Gasteiger partial charge in [0, 0.05) is 18.1 Å². The molecule has 8 unspecified atom stereocenters. The largest absolute Gasteiger partial charge is 0.314 e. The Morgan fingerprint density at radius 2 is 0.979 bits per heavy atom. The molecule has 0 amide bonds. The van der Waals surface area contributed by atoms with Crippen LogP contribution in [0.1, 0.15) is 206 Å². The summed E-state index contributed by atoms with van der Waals surface area (Å²) in [7, 11) is 0. The molecule has 2 nitrogen and oxygen atoms in total. The van der Waals surface area contributed by atoms with Crippen LogP contribution in [0, 0.1) is 59.2 Å². The molecule has 7 saturated carbocycles. The van der Waals surface area contributed by atoms with E-state index >= 15 is 0 Å². The fourth-order valence-corrected chi connectivity index (χ4v) is 13.9. The number of hydrogen-bond acceptors (Lipinski definition) is 2. The third-order valence-corrected chi connectivity index (χ3v) is 17.1. The first kappa shape index (κ1) is 36.3. The first-order valence-corrected chi connectivity index (χ1v) is 23.2. The molecule has 0 bridgehead atoms. The summed E-state index contributed by atoms with van der Waals surface area (Å²) in [6.45, 7) is 3.98. The smallest absolute Gasteiger partial charge is 0.0103 e. The Balaban J connectivity index is 0.989. The minimum atomic E-state index is 0.807. The molecule has 0 aromatic carbocycles.